The molecule has 139 heavy (non-hydrogen) atoms. The molecule has 2 fully saturated rings. The third kappa shape index (κ3) is 65.4. The molecule has 0 aromatic carbocycles. The summed E-state index contributed by atoms with van der Waals surface area (Å²) in [6.07, 6.45) is 2.01. The molecule has 34 nitrogen and oxygen atoms in total. The molecule has 2 saturated heterocycles. The Hall–Kier alpha value is 5.36. The van der Waals surface area contributed by atoms with Gasteiger partial charge in [-0.15, -0.1) is 0 Å². The molecule has 0 aromatic rings. The summed E-state index contributed by atoms with van der Waals surface area (Å²) in [6.45, 7) is 133. The van der Waals surface area contributed by atoms with E-state index in [4.69, 9.17) is 142 Å². The SMILES string of the molecule is C[Si](C)(C)O[Si](C)(C)O[Si](C)(C)O[Si](C)(C)O[Si](C)(C)O[Si](C)(C)O[Si](C)(C)O[Si](C)(C)O[Si](C)(C)O[Si](C)(C)O[Si](C)(C)O[Si](C)(C)O[Si](C)(C)O[Si](C)(C)O[Si](C)(C)O[Si](C)(C)O[Si](C)(C)O[Si](C)(C)O[Si](C)(C)O[Si](C)(C)O[Si](C)(C)O[Si](C)(C)O[Si](C)(C)O[Si](C)(C)O[Si](C)(C)O[Si](C)(C)O[Si](C)(C)O[Si](C)(C)O[Si](C)(CCCOCC1CO1)O[Si](C)(CCCOCC1CO1)O[Si](C)(C)C. The van der Waals surface area contributed by atoms with Crippen LogP contribution in [0.15, 0.2) is 0 Å². The number of rotatable bonds is 72. The number of ether oxygens (including phenoxy) is 4. The molecule has 0 saturated carbocycles. The lowest BCUT2D eigenvalue weighted by Crippen LogP contribution is -2.63. The smallest absolute Gasteiger partial charge is 0.317 e. The molecule has 0 N–H and O–H groups in total. The molecule has 65 heteroatoms. The molecule has 0 spiro atoms. The first-order valence-corrected chi connectivity index (χ1v) is 138. The van der Waals surface area contributed by atoms with Gasteiger partial charge in [-0.2, -0.15) is 0 Å². The van der Waals surface area contributed by atoms with Crippen molar-refractivity contribution in [2.75, 3.05) is 39.6 Å². The number of hydrogen-bond acceptors (Lipinski definition) is 34. The Bertz CT molecular complexity index is 3720. The van der Waals surface area contributed by atoms with Crippen LogP contribution in [0.2, 0.25) is 418 Å². The van der Waals surface area contributed by atoms with Crippen molar-refractivity contribution >= 4 is 265 Å². The van der Waals surface area contributed by atoms with Gasteiger partial charge in [0.15, 0.2) is 16.6 Å². The highest BCUT2D eigenvalue weighted by molar-refractivity contribution is 6.99. The zero-order valence-electron chi connectivity index (χ0n) is 99.6. The first-order valence-electron chi connectivity index (χ1n) is 49.8. The van der Waals surface area contributed by atoms with Gasteiger partial charge in [-0.1, -0.05) is 0 Å². The molecule has 0 aliphatic carbocycles. The van der Waals surface area contributed by atoms with Crippen LogP contribution < -0.4 is 0 Å². The summed E-state index contributed by atoms with van der Waals surface area (Å²) in [7, 11) is -87.8. The summed E-state index contributed by atoms with van der Waals surface area (Å²) in [5, 5.41) is 0. The molecule has 2 rings (SSSR count). The minimum Gasteiger partial charge on any atom is -0.437 e. The fourth-order valence-electron chi connectivity index (χ4n) is 20.3. The van der Waals surface area contributed by atoms with Gasteiger partial charge >= 0.3 is 248 Å². The maximum absolute atomic E-state index is 7.42. The molecule has 0 amide bonds. The fraction of sp³-hybridized carbons (Fsp3) is 1.00. The minimum absolute atomic E-state index is 0.193. The lowest BCUT2D eigenvalue weighted by atomic mass is 10.5. The van der Waals surface area contributed by atoms with Gasteiger partial charge in [-0.25, -0.2) is 0 Å². The zero-order valence-corrected chi connectivity index (χ0v) is 131. The largest absolute Gasteiger partial charge is 0.437 e. The first-order chi connectivity index (χ1) is 60.4. The van der Waals surface area contributed by atoms with E-state index in [-0.39, 0.29) is 12.2 Å². The van der Waals surface area contributed by atoms with Crippen LogP contribution in [-0.2, 0) is 142 Å². The van der Waals surface area contributed by atoms with Crippen molar-refractivity contribution in [3.63, 3.8) is 0 Å². The molecule has 0 radical (unpaired) electrons. The Morgan fingerprint density at radius 1 is 0.144 bits per heavy atom. The standard InChI is InChI=1S/C74H208O34Si31/c1-109(2,3)79-111(7,8)81-112(9,10)82-113(11,12)83-114(13,14)84-115(15,16)85-116(17,18)86-117(19,20)87-118(21,22)88-119(23,24)89-120(25,26)90-121(27,28)91-122(29,30)92-123(31,32)93-124(33,34)94-125(35,36)95-126(37,38)96-127(39,40)97-128(41,42)98-129(43,44)99-130(45,46)100-131(47,48)101-132(49,50)102-133(51,52)103-134(53,54)104-135(55,56)105-136(57,58)106-137(59,60)107-139(62,68-64-66-76-70-74-72-78-74)108-138(61,80-110(4,5)6)67-63-65-75-69-73-71-77-73/h73-74H,63-72H2,1-62H3. The fourth-order valence-corrected chi connectivity index (χ4v) is 181. The monoisotopic (exact) mass is 2510 g/mol. The summed E-state index contributed by atoms with van der Waals surface area (Å²) in [5.74, 6) is 0. The van der Waals surface area contributed by atoms with Gasteiger partial charge < -0.3 is 142 Å². The van der Waals surface area contributed by atoms with E-state index in [1.807, 2.05) is 0 Å². The van der Waals surface area contributed by atoms with Crippen LogP contribution in [0.25, 0.3) is 0 Å². The Kier molecular flexibility index (Phi) is 50.4. The summed E-state index contributed by atoms with van der Waals surface area (Å²) in [6, 6.07) is 1.50. The molecular formula is C74H208O34Si31. The van der Waals surface area contributed by atoms with Crippen molar-refractivity contribution in [2.24, 2.45) is 0 Å². The third-order valence-electron chi connectivity index (χ3n) is 18.0. The summed E-state index contributed by atoms with van der Waals surface area (Å²) >= 11 is 0. The molecule has 0 bridgehead atoms. The molecule has 2 aliphatic heterocycles. The number of hydrogen-bond donors (Lipinski definition) is 0. The van der Waals surface area contributed by atoms with Crippen LogP contribution in [0.4, 0.5) is 0 Å². The number of epoxide rings is 2. The average molecular weight is 2510 g/mol. The van der Waals surface area contributed by atoms with Gasteiger partial charge in [0.2, 0.25) is 0 Å². The van der Waals surface area contributed by atoms with Crippen LogP contribution >= 0.6 is 0 Å². The van der Waals surface area contributed by atoms with Crippen molar-refractivity contribution < 1.29 is 142 Å². The van der Waals surface area contributed by atoms with Crippen molar-refractivity contribution in [3.05, 3.63) is 0 Å². The van der Waals surface area contributed by atoms with Crippen LogP contribution in [0.5, 0.6) is 0 Å². The van der Waals surface area contributed by atoms with Gasteiger partial charge in [-0.05, 0) is 431 Å². The summed E-state index contributed by atoms with van der Waals surface area (Å²) < 4.78 is 234. The van der Waals surface area contributed by atoms with E-state index >= 15 is 0 Å². The van der Waals surface area contributed by atoms with Crippen LogP contribution in [0.3, 0.4) is 0 Å². The van der Waals surface area contributed by atoms with Crippen molar-refractivity contribution in [1.29, 1.82) is 0 Å². The van der Waals surface area contributed by atoms with Crippen LogP contribution in [0.1, 0.15) is 12.8 Å². The molecule has 832 valence electrons. The van der Waals surface area contributed by atoms with E-state index in [0.29, 0.717) is 32.5 Å². The van der Waals surface area contributed by atoms with Crippen molar-refractivity contribution in [2.45, 2.75) is 443 Å². The predicted octanol–water partition coefficient (Wildman–Crippen LogP) is 23.9. The van der Waals surface area contributed by atoms with Gasteiger partial charge in [0, 0.05) is 13.2 Å². The third-order valence-corrected chi connectivity index (χ3v) is 139. The second-order valence-corrected chi connectivity index (χ2v) is 166. The minimum atomic E-state index is -2.99. The molecule has 4 atom stereocenters. The molecule has 4 unspecified atom stereocenters. The molecule has 2 aliphatic rings. The normalized spacial score (nSPS) is 18.4. The highest BCUT2D eigenvalue weighted by atomic mass is 28.6. The molecule has 2 heterocycles. The topological polar surface area (TPSA) is 320 Å². The Balaban J connectivity index is 2.09. The Morgan fingerprint density at radius 3 is 0.367 bits per heavy atom. The van der Waals surface area contributed by atoms with Crippen LogP contribution in [0, 0.1) is 0 Å². The quantitative estimate of drug-likeness (QED) is 0.0310. The van der Waals surface area contributed by atoms with Gasteiger partial charge in [0.1, 0.15) is 12.2 Å². The van der Waals surface area contributed by atoms with E-state index in [9.17, 15) is 0 Å². The van der Waals surface area contributed by atoms with E-state index in [2.05, 4.69) is 406 Å². The van der Waals surface area contributed by atoms with Crippen LogP contribution in [-0.4, -0.2) is 317 Å². The first kappa shape index (κ1) is 140. The maximum Gasteiger partial charge on any atom is 0.317 e. The zero-order chi connectivity index (χ0) is 110. The van der Waals surface area contributed by atoms with Crippen molar-refractivity contribution in [1.82, 2.24) is 0 Å². The van der Waals surface area contributed by atoms with Gasteiger partial charge in [-0.3, -0.25) is 0 Å². The average Bonchev–Trinajstić information content (AvgIpc) is 1.71. The Labute approximate surface area is 881 Å². The maximum atomic E-state index is 7.42. The molecular weight excluding hydrogens is 2300 g/mol. The second-order valence-electron chi connectivity index (χ2n) is 51.6. The highest BCUT2D eigenvalue weighted by Gasteiger charge is 2.59. The van der Waals surface area contributed by atoms with Crippen molar-refractivity contribution in [3.8, 4) is 0 Å². The van der Waals surface area contributed by atoms with Gasteiger partial charge in [0.05, 0.1) is 26.4 Å². The Morgan fingerprint density at radius 2 is 0.252 bits per heavy atom. The van der Waals surface area contributed by atoms with E-state index in [1.54, 1.807) is 0 Å². The van der Waals surface area contributed by atoms with E-state index in [1.165, 1.54) is 0 Å². The van der Waals surface area contributed by atoms with Gasteiger partial charge in [0.25, 0.3) is 0 Å². The summed E-state index contributed by atoms with van der Waals surface area (Å²) in [5.41, 5.74) is 0. The highest BCUT2D eigenvalue weighted by Crippen LogP contribution is 2.40. The van der Waals surface area contributed by atoms with E-state index in [0.717, 1.165) is 32.1 Å². The summed E-state index contributed by atoms with van der Waals surface area (Å²) in [4.78, 5) is 0. The lowest BCUT2D eigenvalue weighted by molar-refractivity contribution is 0.114. The second kappa shape index (κ2) is 49.9. The predicted molar refractivity (Wildman–Crippen MR) is 634 cm³/mol. The molecule has 0 aromatic heterocycles. The van der Waals surface area contributed by atoms with E-state index < -0.39 is 265 Å². The lowest BCUT2D eigenvalue weighted by Gasteiger charge is -2.46.